The topological polar surface area (TPSA) is 288 Å². The highest BCUT2D eigenvalue weighted by molar-refractivity contribution is 7.52. The molecule has 22 heteroatoms. The number of fused-ring (bicyclic) bond motifs is 2. The highest BCUT2D eigenvalue weighted by Crippen LogP contribution is 2.59. The van der Waals surface area contributed by atoms with Gasteiger partial charge in [0.1, 0.15) is 23.8 Å². The highest BCUT2D eigenvalue weighted by atomic mass is 31.2. The second kappa shape index (κ2) is 27.5. The first-order valence-electron chi connectivity index (χ1n) is 28.0. The quantitative estimate of drug-likeness (QED) is 0.0128. The smallest absolute Gasteiger partial charge is 0.376 e. The fraction of sp³-hybridized carbons (Fsp3) is 0.410. The number of nitrogens with two attached hydrogens (primary N) is 1. The Morgan fingerprint density at radius 3 is 2.25 bits per heavy atom. The standard InChI is InChI=1S/C61H68F2N7O12P/c1-2-3-24-49(67-56(74)50-33-41-32-42(25-26-47(41)65-50)61(62,63)83(79,80)81)60(78)69-36-43(34-52(69)58(76)66-48(27-29-54(64)72)53(71)35-45(38-17-11-8-12-18-38)39-19-13-9-14-20-39)82-31-15-7-5-4-6-10-21-40-22-16-23-44-46(40)37-70(59(44)77)51-28-30-55(73)68-57(51)75/h8-9,11-14,16-20,22-23,25-26,32-33,43,45,48-49,51-52,65H,2-7,15,24,27-31,34-37H2,1H3,(H2,64,72)(H,66,76)(H,67,74)(H,68,73,75)(H2,79,80,81)/t43-,48+,49+,51?,52+/m1/s1. The molecule has 0 aliphatic carbocycles. The molecule has 19 nitrogen and oxygen atoms in total. The summed E-state index contributed by atoms with van der Waals surface area (Å²) in [5.74, 6) is 1.75. The van der Waals surface area contributed by atoms with Gasteiger partial charge in [-0.25, -0.2) is 0 Å². The molecule has 0 radical (unpaired) electrons. The van der Waals surface area contributed by atoms with E-state index in [9.17, 15) is 61.5 Å². The number of nitrogens with one attached hydrogen (secondary N) is 4. The largest absolute Gasteiger partial charge is 0.399 e. The van der Waals surface area contributed by atoms with Gasteiger partial charge in [0.05, 0.1) is 12.1 Å². The molecule has 0 spiro atoms. The van der Waals surface area contributed by atoms with Crippen molar-refractivity contribution in [2.24, 2.45) is 5.73 Å². The fourth-order valence-corrected chi connectivity index (χ4v) is 11.4. The van der Waals surface area contributed by atoms with Gasteiger partial charge in [-0.3, -0.25) is 48.2 Å². The van der Waals surface area contributed by atoms with E-state index in [2.05, 4.69) is 32.8 Å². The van der Waals surface area contributed by atoms with Gasteiger partial charge in [-0.2, -0.15) is 8.78 Å². The van der Waals surface area contributed by atoms with Gasteiger partial charge >= 0.3 is 13.3 Å². The number of ketones is 1. The number of aromatic amines is 1. The summed E-state index contributed by atoms with van der Waals surface area (Å²) in [5.41, 5.74) is 3.85. The molecule has 8 rings (SSSR count). The Kier molecular flexibility index (Phi) is 20.2. The fourth-order valence-electron chi connectivity index (χ4n) is 10.9. The van der Waals surface area contributed by atoms with Crippen molar-refractivity contribution in [2.45, 2.75) is 145 Å². The SMILES string of the molecule is CCCC[C@H](NC(=O)c1cc2cc(C(F)(F)P(=O)(O)O)ccc2[nH]1)C(=O)N1C[C@H](OCCCCCCC#Cc2cccc3c2CN(C2CCC(=O)NC2=O)C3=O)C[C@H]1C(=O)N[C@@H](CCC(N)=O)C(=O)CC(c1ccccc1)c1ccccc1. The molecule has 0 bridgehead atoms. The Hall–Kier alpha value is -7.89. The first-order chi connectivity index (χ1) is 39.7. The van der Waals surface area contributed by atoms with E-state index in [1.807, 2.05) is 73.7 Å². The van der Waals surface area contributed by atoms with Crippen molar-refractivity contribution in [1.29, 1.82) is 0 Å². The number of nitrogens with zero attached hydrogens (tertiary/aromatic N) is 2. The van der Waals surface area contributed by atoms with E-state index in [4.69, 9.17) is 10.5 Å². The number of Topliss-reactive ketones (excluding diaryl/α,β-unsaturated/α-hetero) is 1. The number of rotatable bonds is 26. The van der Waals surface area contributed by atoms with Crippen LogP contribution in [0, 0.1) is 11.8 Å². The minimum atomic E-state index is -5.89. The number of primary amides is 1. The number of alkyl halides is 2. The zero-order valence-electron chi connectivity index (χ0n) is 46.0. The maximum absolute atomic E-state index is 14.9. The summed E-state index contributed by atoms with van der Waals surface area (Å²) < 4.78 is 47.3. The van der Waals surface area contributed by atoms with E-state index in [0.717, 1.165) is 54.2 Å². The number of imide groups is 1. The molecule has 1 unspecified atom stereocenters. The normalized spacial score (nSPS) is 17.9. The maximum atomic E-state index is 14.9. The van der Waals surface area contributed by atoms with Gasteiger partial charge in [0.25, 0.3) is 11.8 Å². The number of unbranched alkanes of at least 4 members (excludes halogenated alkanes) is 5. The number of carbonyl (C=O) groups is 8. The van der Waals surface area contributed by atoms with Crippen LogP contribution in [-0.4, -0.2) is 115 Å². The summed E-state index contributed by atoms with van der Waals surface area (Å²) in [6, 6.07) is 23.9. The molecule has 83 heavy (non-hydrogen) atoms. The van der Waals surface area contributed by atoms with Crippen molar-refractivity contribution in [2.75, 3.05) is 13.2 Å². The first-order valence-corrected chi connectivity index (χ1v) is 29.6. The van der Waals surface area contributed by atoms with Crippen molar-refractivity contribution in [3.05, 3.63) is 142 Å². The lowest BCUT2D eigenvalue weighted by molar-refractivity contribution is -0.141. The van der Waals surface area contributed by atoms with Crippen molar-refractivity contribution in [1.82, 2.24) is 30.7 Å². The summed E-state index contributed by atoms with van der Waals surface area (Å²) in [6.45, 7) is 2.33. The molecular formula is C61H68F2N7O12P. The monoisotopic (exact) mass is 1160 g/mol. The zero-order chi connectivity index (χ0) is 59.4. The Morgan fingerprint density at radius 1 is 0.867 bits per heavy atom. The predicted molar refractivity (Wildman–Crippen MR) is 302 cm³/mol. The van der Waals surface area contributed by atoms with Gasteiger partial charge in [-0.1, -0.05) is 117 Å². The highest BCUT2D eigenvalue weighted by Gasteiger charge is 2.50. The summed E-state index contributed by atoms with van der Waals surface area (Å²) in [4.78, 5) is 132. The number of aromatic nitrogens is 1. The van der Waals surface area contributed by atoms with Crippen molar-refractivity contribution in [3.8, 4) is 11.8 Å². The zero-order valence-corrected chi connectivity index (χ0v) is 46.8. The lowest BCUT2D eigenvalue weighted by Crippen LogP contribution is -2.55. The molecule has 3 aliphatic rings. The third-order valence-electron chi connectivity index (χ3n) is 15.4. The van der Waals surface area contributed by atoms with Crippen LogP contribution in [0.25, 0.3) is 10.9 Å². The van der Waals surface area contributed by atoms with Crippen LogP contribution in [0.5, 0.6) is 0 Å². The molecule has 8 N–H and O–H groups in total. The molecule has 0 saturated carbocycles. The number of amides is 7. The molecule has 1 aromatic heterocycles. The van der Waals surface area contributed by atoms with Crippen LogP contribution in [0.3, 0.4) is 0 Å². The van der Waals surface area contributed by atoms with Gasteiger partial charge in [0.2, 0.25) is 29.5 Å². The van der Waals surface area contributed by atoms with Crippen LogP contribution in [-0.2, 0) is 50.3 Å². The van der Waals surface area contributed by atoms with Crippen molar-refractivity contribution in [3.63, 3.8) is 0 Å². The predicted octanol–water partition coefficient (Wildman–Crippen LogP) is 6.97. The molecule has 438 valence electrons. The van der Waals surface area contributed by atoms with Crippen LogP contribution in [0.4, 0.5) is 8.78 Å². The maximum Gasteiger partial charge on any atom is 0.399 e. The number of halogens is 2. The van der Waals surface area contributed by atoms with E-state index in [0.29, 0.717) is 36.8 Å². The third kappa shape index (κ3) is 15.0. The lowest BCUT2D eigenvalue weighted by atomic mass is 9.85. The number of carbonyl (C=O) groups excluding carboxylic acids is 8. The number of piperidine rings is 1. The van der Waals surface area contributed by atoms with Gasteiger partial charge in [-0.05, 0) is 79.1 Å². The van der Waals surface area contributed by atoms with Crippen LogP contribution >= 0.6 is 7.60 Å². The van der Waals surface area contributed by atoms with Crippen LogP contribution in [0.2, 0.25) is 0 Å². The number of benzene rings is 4. The summed E-state index contributed by atoms with van der Waals surface area (Å²) in [5, 5.41) is 7.99. The van der Waals surface area contributed by atoms with Crippen LogP contribution < -0.4 is 21.7 Å². The van der Waals surface area contributed by atoms with Crippen molar-refractivity contribution < 1.29 is 66.2 Å². The number of hydrogen-bond donors (Lipinski definition) is 7. The first kappa shape index (κ1) is 61.2. The van der Waals surface area contributed by atoms with E-state index < -0.39 is 84.5 Å². The Labute approximate surface area is 479 Å². The van der Waals surface area contributed by atoms with Gasteiger partial charge in [-0.15, -0.1) is 0 Å². The van der Waals surface area contributed by atoms with E-state index in [-0.39, 0.29) is 98.8 Å². The van der Waals surface area contributed by atoms with Crippen LogP contribution in [0.15, 0.2) is 103 Å². The molecule has 5 aromatic rings. The molecule has 7 amide bonds. The summed E-state index contributed by atoms with van der Waals surface area (Å²) in [6.07, 6.45) is 4.17. The number of ether oxygens (including phenoxy) is 1. The van der Waals surface area contributed by atoms with Crippen LogP contribution in [0.1, 0.15) is 151 Å². The summed E-state index contributed by atoms with van der Waals surface area (Å²) >= 11 is 0. The lowest BCUT2D eigenvalue weighted by Gasteiger charge is -2.30. The number of likely N-dealkylation sites (tertiary alicyclic amines) is 1. The van der Waals surface area contributed by atoms with E-state index in [1.165, 1.54) is 15.9 Å². The summed E-state index contributed by atoms with van der Waals surface area (Å²) in [7, 11) is -5.89. The second-order valence-corrected chi connectivity index (χ2v) is 22.9. The minimum absolute atomic E-state index is 0.0265. The second-order valence-electron chi connectivity index (χ2n) is 21.3. The number of hydrogen-bond acceptors (Lipinski definition) is 10. The Balaban J connectivity index is 0.941. The van der Waals surface area contributed by atoms with E-state index >= 15 is 0 Å². The Morgan fingerprint density at radius 2 is 1.58 bits per heavy atom. The van der Waals surface area contributed by atoms with Gasteiger partial charge in [0.15, 0.2) is 5.78 Å². The Bertz CT molecular complexity index is 3300. The van der Waals surface area contributed by atoms with Crippen molar-refractivity contribution >= 4 is 65.6 Å². The molecule has 2 saturated heterocycles. The van der Waals surface area contributed by atoms with Gasteiger partial charge in [0, 0.05) is 85.3 Å². The molecule has 3 aliphatic heterocycles. The molecule has 5 atom stereocenters. The molecular weight excluding hydrogens is 1090 g/mol. The number of H-pyrrole nitrogens is 1. The average molecular weight is 1160 g/mol. The molecule has 2 fully saturated rings. The molecule has 4 aromatic carbocycles. The van der Waals surface area contributed by atoms with E-state index in [1.54, 1.807) is 12.1 Å². The minimum Gasteiger partial charge on any atom is -0.376 e. The third-order valence-corrected chi connectivity index (χ3v) is 16.4. The average Bonchev–Trinajstić information content (AvgIpc) is 4.37. The van der Waals surface area contributed by atoms with Gasteiger partial charge < -0.3 is 45.7 Å². The molecule has 4 heterocycles.